The van der Waals surface area contributed by atoms with E-state index in [0.29, 0.717) is 17.1 Å². The van der Waals surface area contributed by atoms with Crippen LogP contribution in [0.5, 0.6) is 11.8 Å². The summed E-state index contributed by atoms with van der Waals surface area (Å²) in [5.41, 5.74) is 0. The van der Waals surface area contributed by atoms with Gasteiger partial charge in [0.15, 0.2) is 0 Å². The molecule has 0 saturated carbocycles. The van der Waals surface area contributed by atoms with Crippen LogP contribution in [0.4, 0.5) is 5.95 Å². The molecular formula is C14H18N4O2S. The summed E-state index contributed by atoms with van der Waals surface area (Å²) in [6.07, 6.45) is 0.989. The fourth-order valence-corrected chi connectivity index (χ4v) is 2.44. The highest BCUT2D eigenvalue weighted by atomic mass is 32.2. The van der Waals surface area contributed by atoms with Crippen molar-refractivity contribution in [2.75, 3.05) is 26.1 Å². The van der Waals surface area contributed by atoms with Gasteiger partial charge in [-0.2, -0.15) is 15.0 Å². The second kappa shape index (κ2) is 7.68. The number of hydrogen-bond acceptors (Lipinski definition) is 7. The first kappa shape index (κ1) is 15.4. The topological polar surface area (TPSA) is 69.2 Å². The summed E-state index contributed by atoms with van der Waals surface area (Å²) in [6, 6.07) is 8.02. The maximum absolute atomic E-state index is 5.33. The molecular weight excluding hydrogens is 288 g/mol. The third-order valence-corrected chi connectivity index (χ3v) is 3.50. The highest BCUT2D eigenvalue weighted by Crippen LogP contribution is 2.33. The summed E-state index contributed by atoms with van der Waals surface area (Å²) in [7, 11) is 3.18. The summed E-state index contributed by atoms with van der Waals surface area (Å²) in [5, 5.41) is 3.70. The van der Waals surface area contributed by atoms with E-state index in [2.05, 4.69) is 27.2 Å². The lowest BCUT2D eigenvalue weighted by atomic mass is 10.3. The maximum Gasteiger partial charge on any atom is 0.321 e. The van der Waals surface area contributed by atoms with Gasteiger partial charge in [0, 0.05) is 6.54 Å². The van der Waals surface area contributed by atoms with Crippen molar-refractivity contribution < 1.29 is 9.47 Å². The van der Waals surface area contributed by atoms with Crippen molar-refractivity contribution in [3.8, 4) is 11.8 Å². The number of para-hydroxylation sites is 1. The number of benzene rings is 1. The number of aromatic nitrogens is 3. The minimum atomic E-state index is 0.293. The van der Waals surface area contributed by atoms with Gasteiger partial charge < -0.3 is 14.8 Å². The molecule has 1 N–H and O–H groups in total. The smallest absolute Gasteiger partial charge is 0.321 e. The van der Waals surface area contributed by atoms with Crippen LogP contribution in [-0.2, 0) is 0 Å². The van der Waals surface area contributed by atoms with Crippen molar-refractivity contribution in [1.82, 2.24) is 15.0 Å². The molecule has 7 heteroatoms. The number of nitrogens with zero attached hydrogens (tertiary/aromatic N) is 3. The van der Waals surface area contributed by atoms with Crippen LogP contribution in [0.2, 0.25) is 0 Å². The van der Waals surface area contributed by atoms with Crippen molar-refractivity contribution >= 4 is 17.7 Å². The highest BCUT2D eigenvalue weighted by molar-refractivity contribution is 7.99. The van der Waals surface area contributed by atoms with Gasteiger partial charge >= 0.3 is 6.01 Å². The molecule has 0 radical (unpaired) electrons. The molecule has 0 aliphatic carbocycles. The van der Waals surface area contributed by atoms with Gasteiger partial charge in [0.1, 0.15) is 5.75 Å². The highest BCUT2D eigenvalue weighted by Gasteiger charge is 2.10. The second-order valence-corrected chi connectivity index (χ2v) is 5.12. The molecule has 0 aliphatic heterocycles. The van der Waals surface area contributed by atoms with Crippen LogP contribution in [0.25, 0.3) is 0 Å². The second-order valence-electron chi connectivity index (χ2n) is 4.11. The first-order valence-electron chi connectivity index (χ1n) is 6.61. The zero-order valence-corrected chi connectivity index (χ0v) is 13.1. The standard InChI is InChI=1S/C14H18N4O2S/c1-4-9-15-12-16-13(20-3)18-14(17-12)21-11-8-6-5-7-10(11)19-2/h5-8H,4,9H2,1-3H3,(H,15,16,17,18). The molecule has 0 saturated heterocycles. The lowest BCUT2D eigenvalue weighted by Crippen LogP contribution is -2.07. The summed E-state index contributed by atoms with van der Waals surface area (Å²) in [6.45, 7) is 2.88. The van der Waals surface area contributed by atoms with Gasteiger partial charge in [-0.15, -0.1) is 0 Å². The van der Waals surface area contributed by atoms with Crippen molar-refractivity contribution in [2.24, 2.45) is 0 Å². The van der Waals surface area contributed by atoms with Crippen molar-refractivity contribution in [3.63, 3.8) is 0 Å². The molecule has 1 aromatic heterocycles. The van der Waals surface area contributed by atoms with E-state index in [9.17, 15) is 0 Å². The van der Waals surface area contributed by atoms with Gasteiger partial charge in [-0.1, -0.05) is 19.1 Å². The molecule has 0 unspecified atom stereocenters. The zero-order chi connectivity index (χ0) is 15.1. The molecule has 0 fully saturated rings. The Morgan fingerprint density at radius 2 is 1.90 bits per heavy atom. The largest absolute Gasteiger partial charge is 0.496 e. The summed E-state index contributed by atoms with van der Waals surface area (Å²) in [5.74, 6) is 1.30. The Morgan fingerprint density at radius 3 is 2.62 bits per heavy atom. The van der Waals surface area contributed by atoms with Gasteiger partial charge in [-0.25, -0.2) is 0 Å². The summed E-state index contributed by atoms with van der Waals surface area (Å²) >= 11 is 1.41. The zero-order valence-electron chi connectivity index (χ0n) is 12.3. The van der Waals surface area contributed by atoms with E-state index in [0.717, 1.165) is 23.6 Å². The lowest BCUT2D eigenvalue weighted by molar-refractivity contribution is 0.373. The Labute approximate surface area is 128 Å². The molecule has 6 nitrogen and oxygen atoms in total. The van der Waals surface area contributed by atoms with Gasteiger partial charge in [0.05, 0.1) is 19.1 Å². The van der Waals surface area contributed by atoms with Gasteiger partial charge in [-0.3, -0.25) is 0 Å². The van der Waals surface area contributed by atoms with Crippen molar-refractivity contribution in [3.05, 3.63) is 24.3 Å². The molecule has 0 bridgehead atoms. The molecule has 112 valence electrons. The average Bonchev–Trinajstić information content (AvgIpc) is 2.53. The fourth-order valence-electron chi connectivity index (χ4n) is 1.59. The molecule has 0 atom stereocenters. The summed E-state index contributed by atoms with van der Waals surface area (Å²) < 4.78 is 10.5. The molecule has 0 amide bonds. The third kappa shape index (κ3) is 4.22. The molecule has 1 aromatic carbocycles. The Bertz CT molecular complexity index is 595. The van der Waals surface area contributed by atoms with Gasteiger partial charge in [0.2, 0.25) is 11.1 Å². The van der Waals surface area contributed by atoms with Crippen LogP contribution in [0.1, 0.15) is 13.3 Å². The molecule has 2 aromatic rings. The number of hydrogen-bond donors (Lipinski definition) is 1. The average molecular weight is 306 g/mol. The normalized spacial score (nSPS) is 10.2. The SMILES string of the molecule is CCCNc1nc(OC)nc(Sc2ccccc2OC)n1. The first-order chi connectivity index (χ1) is 10.3. The quantitative estimate of drug-likeness (QED) is 0.843. The predicted molar refractivity (Wildman–Crippen MR) is 82.3 cm³/mol. The van der Waals surface area contributed by atoms with Gasteiger partial charge in [0.25, 0.3) is 0 Å². The third-order valence-electron chi connectivity index (χ3n) is 2.58. The molecule has 1 heterocycles. The van der Waals surface area contributed by atoms with Crippen LogP contribution >= 0.6 is 11.8 Å². The Morgan fingerprint density at radius 1 is 1.10 bits per heavy atom. The Hall–Kier alpha value is -2.02. The van der Waals surface area contributed by atoms with Crippen molar-refractivity contribution in [2.45, 2.75) is 23.4 Å². The minimum absolute atomic E-state index is 0.293. The number of rotatable bonds is 7. The van der Waals surface area contributed by atoms with Crippen LogP contribution in [0.3, 0.4) is 0 Å². The molecule has 0 spiro atoms. The van der Waals surface area contributed by atoms with Crippen LogP contribution in [0.15, 0.2) is 34.3 Å². The van der Waals surface area contributed by atoms with Gasteiger partial charge in [-0.05, 0) is 30.3 Å². The van der Waals surface area contributed by atoms with Crippen LogP contribution in [-0.4, -0.2) is 35.7 Å². The monoisotopic (exact) mass is 306 g/mol. The summed E-state index contributed by atoms with van der Waals surface area (Å²) in [4.78, 5) is 13.8. The van der Waals surface area contributed by atoms with E-state index < -0.39 is 0 Å². The first-order valence-corrected chi connectivity index (χ1v) is 7.43. The van der Waals surface area contributed by atoms with E-state index >= 15 is 0 Å². The van der Waals surface area contributed by atoms with E-state index in [-0.39, 0.29) is 0 Å². The predicted octanol–water partition coefficient (Wildman–Crippen LogP) is 2.86. The number of methoxy groups -OCH3 is 2. The lowest BCUT2D eigenvalue weighted by Gasteiger charge is -2.09. The number of anilines is 1. The van der Waals surface area contributed by atoms with Crippen LogP contribution < -0.4 is 14.8 Å². The fraction of sp³-hybridized carbons (Fsp3) is 0.357. The Balaban J connectivity index is 2.25. The molecule has 21 heavy (non-hydrogen) atoms. The van der Waals surface area contributed by atoms with E-state index in [1.165, 1.54) is 18.9 Å². The van der Waals surface area contributed by atoms with E-state index in [1.54, 1.807) is 7.11 Å². The number of nitrogens with one attached hydrogen (secondary N) is 1. The van der Waals surface area contributed by atoms with E-state index in [4.69, 9.17) is 9.47 Å². The van der Waals surface area contributed by atoms with E-state index in [1.807, 2.05) is 24.3 Å². The maximum atomic E-state index is 5.33. The van der Waals surface area contributed by atoms with Crippen LogP contribution in [0, 0.1) is 0 Å². The molecule has 0 aliphatic rings. The number of ether oxygens (including phenoxy) is 2. The minimum Gasteiger partial charge on any atom is -0.496 e. The Kier molecular flexibility index (Phi) is 5.62. The van der Waals surface area contributed by atoms with Crippen molar-refractivity contribution in [1.29, 1.82) is 0 Å². The molecule has 2 rings (SSSR count).